The van der Waals surface area contributed by atoms with Crippen molar-refractivity contribution in [2.45, 2.75) is 83.7 Å². The maximum Gasteiger partial charge on any atom is 0.390 e. The summed E-state index contributed by atoms with van der Waals surface area (Å²) in [5.74, 6) is -0.558. The van der Waals surface area contributed by atoms with Gasteiger partial charge in [-0.25, -0.2) is 0 Å². The van der Waals surface area contributed by atoms with Crippen LogP contribution in [0.4, 0.5) is 13.2 Å². The quantitative estimate of drug-likeness (QED) is 0.516. The molecule has 0 spiro atoms. The summed E-state index contributed by atoms with van der Waals surface area (Å²) in [6.07, 6.45) is 2.15. The molecule has 2 nitrogen and oxygen atoms in total. The van der Waals surface area contributed by atoms with Gasteiger partial charge in [0.05, 0.1) is 6.42 Å². The summed E-state index contributed by atoms with van der Waals surface area (Å²) < 4.78 is 39.1. The third-order valence-corrected chi connectivity index (χ3v) is 5.55. The number of alkyl halides is 3. The Bertz CT molecular complexity index is 453. The first-order valence-corrected chi connectivity index (χ1v) is 8.76. The minimum absolute atomic E-state index is 0.127. The molecule has 2 rings (SSSR count). The van der Waals surface area contributed by atoms with Gasteiger partial charge in [0.2, 0.25) is 0 Å². The van der Waals surface area contributed by atoms with Gasteiger partial charge in [0, 0.05) is 16.9 Å². The van der Waals surface area contributed by atoms with E-state index in [0.29, 0.717) is 25.7 Å². The van der Waals surface area contributed by atoms with E-state index >= 15 is 0 Å². The molecule has 132 valence electrons. The Kier molecular flexibility index (Phi) is 5.79. The molecule has 0 bridgehead atoms. The summed E-state index contributed by atoms with van der Waals surface area (Å²) >= 11 is 0. The van der Waals surface area contributed by atoms with Crippen molar-refractivity contribution in [3.05, 3.63) is 11.3 Å². The van der Waals surface area contributed by atoms with Crippen LogP contribution < -0.4 is 0 Å². The van der Waals surface area contributed by atoms with Crippen molar-refractivity contribution < 1.29 is 23.1 Å². The zero-order valence-electron chi connectivity index (χ0n) is 13.8. The molecule has 23 heavy (non-hydrogen) atoms. The van der Waals surface area contributed by atoms with Crippen LogP contribution >= 0.6 is 0 Å². The predicted molar refractivity (Wildman–Crippen MR) is 83.1 cm³/mol. The number of carbonyl (C=O) groups is 1. The summed E-state index contributed by atoms with van der Waals surface area (Å²) in [5, 5.41) is 10.6. The fourth-order valence-electron chi connectivity index (χ4n) is 4.29. The smallest absolute Gasteiger partial charge is 0.390 e. The molecule has 0 saturated heterocycles. The number of hydrogen-bond acceptors (Lipinski definition) is 2. The number of halogens is 3. The highest BCUT2D eigenvalue weighted by Gasteiger charge is 2.47. The molecule has 2 aliphatic rings. The molecule has 0 unspecified atom stereocenters. The molecule has 0 aromatic heterocycles. The lowest BCUT2D eigenvalue weighted by Gasteiger charge is -2.38. The first kappa shape index (κ1) is 18.3. The van der Waals surface area contributed by atoms with E-state index in [-0.39, 0.29) is 23.0 Å². The highest BCUT2D eigenvalue weighted by Crippen LogP contribution is 2.49. The Hall–Kier alpha value is -1.00. The molecule has 0 amide bonds. The van der Waals surface area contributed by atoms with E-state index in [4.69, 9.17) is 0 Å². The van der Waals surface area contributed by atoms with E-state index in [1.165, 1.54) is 6.92 Å². The summed E-state index contributed by atoms with van der Waals surface area (Å²) in [6, 6.07) is 0. The zero-order valence-corrected chi connectivity index (χ0v) is 13.8. The molecule has 0 heterocycles. The third-order valence-electron chi connectivity index (χ3n) is 5.55. The SMILES string of the molecule is CC(C(=O)C1CCCCC1)=C(O)C1(CC(F)(F)F)CCCCC1. The number of Topliss-reactive ketones (excluding diaryl/α,β-unsaturated/α-hetero) is 1. The summed E-state index contributed by atoms with van der Waals surface area (Å²) in [7, 11) is 0. The summed E-state index contributed by atoms with van der Waals surface area (Å²) in [4.78, 5) is 12.6. The molecule has 0 aliphatic heterocycles. The number of ketones is 1. The minimum atomic E-state index is -4.33. The number of allylic oxidation sites excluding steroid dienone is 2. The van der Waals surface area contributed by atoms with Gasteiger partial charge in [0.1, 0.15) is 5.76 Å². The normalized spacial score (nSPS) is 24.2. The zero-order chi connectivity index (χ0) is 17.1. The maximum atomic E-state index is 13.0. The minimum Gasteiger partial charge on any atom is -0.511 e. The molecule has 0 radical (unpaired) electrons. The summed E-state index contributed by atoms with van der Waals surface area (Å²) in [5.41, 5.74) is -1.12. The average Bonchev–Trinajstić information content (AvgIpc) is 2.53. The van der Waals surface area contributed by atoms with Crippen molar-refractivity contribution in [2.24, 2.45) is 11.3 Å². The molecule has 0 atom stereocenters. The first-order chi connectivity index (χ1) is 10.8. The van der Waals surface area contributed by atoms with E-state index in [1.807, 2.05) is 0 Å². The van der Waals surface area contributed by atoms with Crippen molar-refractivity contribution >= 4 is 5.78 Å². The van der Waals surface area contributed by atoms with E-state index in [1.54, 1.807) is 0 Å². The van der Waals surface area contributed by atoms with Crippen LogP contribution in [0.25, 0.3) is 0 Å². The Morgan fingerprint density at radius 1 is 1.04 bits per heavy atom. The van der Waals surface area contributed by atoms with Crippen molar-refractivity contribution in [2.75, 3.05) is 0 Å². The van der Waals surface area contributed by atoms with Gasteiger partial charge < -0.3 is 5.11 Å². The highest BCUT2D eigenvalue weighted by molar-refractivity contribution is 5.97. The molecule has 2 aliphatic carbocycles. The Morgan fingerprint density at radius 3 is 2.09 bits per heavy atom. The monoisotopic (exact) mass is 332 g/mol. The van der Waals surface area contributed by atoms with E-state index in [9.17, 15) is 23.1 Å². The first-order valence-electron chi connectivity index (χ1n) is 8.76. The van der Waals surface area contributed by atoms with Gasteiger partial charge in [-0.1, -0.05) is 38.5 Å². The second-order valence-corrected chi connectivity index (χ2v) is 7.31. The van der Waals surface area contributed by atoms with Crippen LogP contribution in [0.15, 0.2) is 11.3 Å². The number of aliphatic hydroxyl groups is 1. The molecule has 2 fully saturated rings. The lowest BCUT2D eigenvalue weighted by molar-refractivity contribution is -0.162. The van der Waals surface area contributed by atoms with Crippen LogP contribution in [0.2, 0.25) is 0 Å². The largest absolute Gasteiger partial charge is 0.511 e. The van der Waals surface area contributed by atoms with Crippen LogP contribution in [-0.2, 0) is 4.79 Å². The Morgan fingerprint density at radius 2 is 1.57 bits per heavy atom. The molecule has 0 aromatic rings. The lowest BCUT2D eigenvalue weighted by Crippen LogP contribution is -2.34. The third kappa shape index (κ3) is 4.51. The van der Waals surface area contributed by atoms with Gasteiger partial charge in [-0.05, 0) is 32.6 Å². The van der Waals surface area contributed by atoms with Gasteiger partial charge in [0.15, 0.2) is 5.78 Å². The van der Waals surface area contributed by atoms with Crippen LogP contribution in [0, 0.1) is 11.3 Å². The predicted octanol–water partition coefficient (Wildman–Crippen LogP) is 5.87. The fourth-order valence-corrected chi connectivity index (χ4v) is 4.29. The average molecular weight is 332 g/mol. The lowest BCUT2D eigenvalue weighted by atomic mass is 9.68. The van der Waals surface area contributed by atoms with E-state index < -0.39 is 18.0 Å². The van der Waals surface area contributed by atoms with E-state index in [0.717, 1.165) is 38.5 Å². The molecular formula is C18H27F3O2. The highest BCUT2D eigenvalue weighted by atomic mass is 19.4. The second-order valence-electron chi connectivity index (χ2n) is 7.31. The Labute approximate surface area is 136 Å². The number of hydrogen-bond donors (Lipinski definition) is 1. The number of rotatable bonds is 4. The molecule has 2 saturated carbocycles. The second kappa shape index (κ2) is 7.27. The molecular weight excluding hydrogens is 305 g/mol. The standard InChI is InChI=1S/C18H27F3O2/c1-13(15(22)14-8-4-2-5-9-14)16(23)17(12-18(19,20)21)10-6-3-7-11-17/h14,23H,2-12H2,1H3. The maximum absolute atomic E-state index is 13.0. The van der Waals surface area contributed by atoms with Crippen LogP contribution in [0.3, 0.4) is 0 Å². The van der Waals surface area contributed by atoms with Crippen LogP contribution in [-0.4, -0.2) is 17.1 Å². The van der Waals surface area contributed by atoms with Gasteiger partial charge in [-0.2, -0.15) is 13.2 Å². The van der Waals surface area contributed by atoms with Gasteiger partial charge in [-0.15, -0.1) is 0 Å². The van der Waals surface area contributed by atoms with Crippen LogP contribution in [0.1, 0.15) is 77.6 Å². The van der Waals surface area contributed by atoms with Crippen molar-refractivity contribution in [3.8, 4) is 0 Å². The summed E-state index contributed by atoms with van der Waals surface area (Å²) in [6.45, 7) is 1.51. The van der Waals surface area contributed by atoms with Crippen molar-refractivity contribution in [3.63, 3.8) is 0 Å². The molecule has 0 aromatic carbocycles. The molecule has 5 heteroatoms. The Balaban J connectivity index is 2.26. The van der Waals surface area contributed by atoms with Gasteiger partial charge in [0.25, 0.3) is 0 Å². The van der Waals surface area contributed by atoms with Crippen LogP contribution in [0.5, 0.6) is 0 Å². The van der Waals surface area contributed by atoms with Crippen molar-refractivity contribution in [1.29, 1.82) is 0 Å². The van der Waals surface area contributed by atoms with E-state index in [2.05, 4.69) is 0 Å². The number of aliphatic hydroxyl groups excluding tert-OH is 1. The number of carbonyl (C=O) groups excluding carboxylic acids is 1. The fraction of sp³-hybridized carbons (Fsp3) is 0.833. The van der Waals surface area contributed by atoms with Gasteiger partial charge >= 0.3 is 6.18 Å². The van der Waals surface area contributed by atoms with Crippen molar-refractivity contribution in [1.82, 2.24) is 0 Å². The molecule has 1 N–H and O–H groups in total. The van der Waals surface area contributed by atoms with Gasteiger partial charge in [-0.3, -0.25) is 4.79 Å². The topological polar surface area (TPSA) is 37.3 Å².